The van der Waals surface area contributed by atoms with E-state index in [1.165, 1.54) is 0 Å². The van der Waals surface area contributed by atoms with Crippen molar-refractivity contribution < 1.29 is 4.79 Å². The number of hydrogen-bond donors (Lipinski definition) is 1. The van der Waals surface area contributed by atoms with Crippen molar-refractivity contribution >= 4 is 22.6 Å². The molecule has 1 N–H and O–H groups in total. The van der Waals surface area contributed by atoms with E-state index in [2.05, 4.69) is 34.3 Å². The Bertz CT molecular complexity index is 1260. The summed E-state index contributed by atoms with van der Waals surface area (Å²) in [7, 11) is 0. The van der Waals surface area contributed by atoms with Crippen LogP contribution < -0.4 is 10.9 Å². The Balaban J connectivity index is 1.60. The molecule has 31 heavy (non-hydrogen) atoms. The molecule has 160 valence electrons. The molecular formula is C23H26N6O2. The van der Waals surface area contributed by atoms with Gasteiger partial charge in [-0.15, -0.1) is 10.2 Å². The Morgan fingerprint density at radius 1 is 1.13 bits per heavy atom. The fourth-order valence-electron chi connectivity index (χ4n) is 3.58. The predicted molar refractivity (Wildman–Crippen MR) is 119 cm³/mol. The molecule has 3 aromatic heterocycles. The van der Waals surface area contributed by atoms with Gasteiger partial charge in [0.1, 0.15) is 5.82 Å². The van der Waals surface area contributed by atoms with Gasteiger partial charge >= 0.3 is 0 Å². The Hall–Kier alpha value is -3.55. The first kappa shape index (κ1) is 20.7. The lowest BCUT2D eigenvalue weighted by atomic mass is 10.1. The highest BCUT2D eigenvalue weighted by atomic mass is 16.1. The maximum atomic E-state index is 13.1. The number of benzene rings is 1. The number of hydrogen-bond acceptors (Lipinski definition) is 5. The summed E-state index contributed by atoms with van der Waals surface area (Å²) < 4.78 is 3.60. The summed E-state index contributed by atoms with van der Waals surface area (Å²) in [5.74, 6) is 1.58. The van der Waals surface area contributed by atoms with Gasteiger partial charge in [0.2, 0.25) is 11.7 Å². The van der Waals surface area contributed by atoms with Crippen LogP contribution >= 0.6 is 0 Å². The van der Waals surface area contributed by atoms with Crippen LogP contribution in [0.25, 0.3) is 16.7 Å². The number of aryl methyl sites for hydroxylation is 2. The van der Waals surface area contributed by atoms with Crippen LogP contribution in [0.3, 0.4) is 0 Å². The van der Waals surface area contributed by atoms with Gasteiger partial charge in [0.05, 0.1) is 10.9 Å². The van der Waals surface area contributed by atoms with E-state index in [0.29, 0.717) is 42.4 Å². The van der Waals surface area contributed by atoms with Crippen molar-refractivity contribution in [1.82, 2.24) is 29.5 Å². The molecule has 4 aromatic rings. The standard InChI is InChI=1S/C23H26N6O2/c1-16(2)11-13-28-22(31)18-7-3-4-8-19(18)29-20(26-27-23(28)29)9-10-21(30)25-15-17-6-5-12-24-14-17/h3-8,12,14,16H,9-11,13,15H2,1-2H3,(H,25,30). The van der Waals surface area contributed by atoms with E-state index in [1.54, 1.807) is 17.0 Å². The normalized spacial score (nSPS) is 11.5. The first-order valence-corrected chi connectivity index (χ1v) is 10.6. The Kier molecular flexibility index (Phi) is 6.06. The summed E-state index contributed by atoms with van der Waals surface area (Å²) in [6.45, 7) is 5.27. The molecule has 0 saturated heterocycles. The number of aromatic nitrogens is 5. The van der Waals surface area contributed by atoms with E-state index in [9.17, 15) is 9.59 Å². The molecule has 0 spiro atoms. The monoisotopic (exact) mass is 418 g/mol. The van der Waals surface area contributed by atoms with Gasteiger partial charge in [-0.05, 0) is 36.1 Å². The third-order valence-electron chi connectivity index (χ3n) is 5.29. The van der Waals surface area contributed by atoms with Crippen molar-refractivity contribution in [3.05, 3.63) is 70.5 Å². The van der Waals surface area contributed by atoms with Crippen LogP contribution in [0.4, 0.5) is 0 Å². The zero-order chi connectivity index (χ0) is 21.8. The van der Waals surface area contributed by atoms with Gasteiger partial charge in [-0.2, -0.15) is 0 Å². The number of carbonyl (C=O) groups is 1. The molecule has 0 saturated carbocycles. The zero-order valence-electron chi connectivity index (χ0n) is 17.8. The third-order valence-corrected chi connectivity index (χ3v) is 5.29. The van der Waals surface area contributed by atoms with Crippen LogP contribution in [0.5, 0.6) is 0 Å². The first-order chi connectivity index (χ1) is 15.0. The van der Waals surface area contributed by atoms with Crippen molar-refractivity contribution in [2.45, 2.75) is 46.2 Å². The molecule has 8 heteroatoms. The quantitative estimate of drug-likeness (QED) is 0.475. The van der Waals surface area contributed by atoms with Gasteiger partial charge in [0.15, 0.2) is 0 Å². The summed E-state index contributed by atoms with van der Waals surface area (Å²) in [6, 6.07) is 11.2. The molecule has 0 bridgehead atoms. The summed E-state index contributed by atoms with van der Waals surface area (Å²) in [4.78, 5) is 29.5. The van der Waals surface area contributed by atoms with Crippen molar-refractivity contribution in [3.63, 3.8) is 0 Å². The van der Waals surface area contributed by atoms with Crippen LogP contribution in [0.1, 0.15) is 38.1 Å². The second kappa shape index (κ2) is 9.07. The largest absolute Gasteiger partial charge is 0.352 e. The molecule has 0 radical (unpaired) electrons. The molecule has 0 aliphatic carbocycles. The molecule has 3 heterocycles. The van der Waals surface area contributed by atoms with Gasteiger partial charge in [-0.3, -0.25) is 23.5 Å². The fourth-order valence-corrected chi connectivity index (χ4v) is 3.58. The number of fused-ring (bicyclic) bond motifs is 3. The van der Waals surface area contributed by atoms with E-state index < -0.39 is 0 Å². The maximum Gasteiger partial charge on any atom is 0.262 e. The smallest absolute Gasteiger partial charge is 0.262 e. The molecule has 1 aromatic carbocycles. The lowest BCUT2D eigenvalue weighted by Crippen LogP contribution is -2.25. The van der Waals surface area contributed by atoms with Crippen LogP contribution in [0, 0.1) is 5.92 Å². The number of para-hydroxylation sites is 1. The minimum absolute atomic E-state index is 0.0584. The van der Waals surface area contributed by atoms with Crippen LogP contribution in [-0.4, -0.2) is 30.1 Å². The number of amides is 1. The minimum atomic E-state index is -0.0713. The van der Waals surface area contributed by atoms with E-state index in [0.717, 1.165) is 17.5 Å². The topological polar surface area (TPSA) is 94.2 Å². The molecule has 0 unspecified atom stereocenters. The second-order valence-electron chi connectivity index (χ2n) is 8.05. The molecule has 1 amide bonds. The van der Waals surface area contributed by atoms with Gasteiger partial charge in [-0.1, -0.05) is 32.0 Å². The van der Waals surface area contributed by atoms with Crippen LogP contribution in [0.15, 0.2) is 53.6 Å². The highest BCUT2D eigenvalue weighted by Gasteiger charge is 2.17. The Morgan fingerprint density at radius 2 is 1.97 bits per heavy atom. The highest BCUT2D eigenvalue weighted by molar-refractivity contribution is 5.80. The SMILES string of the molecule is CC(C)CCn1c(=O)c2ccccc2n2c(CCC(=O)NCc3cccnc3)nnc12. The van der Waals surface area contributed by atoms with Gasteiger partial charge in [-0.25, -0.2) is 0 Å². The van der Waals surface area contributed by atoms with Gasteiger partial charge in [0, 0.05) is 38.3 Å². The fraction of sp³-hybridized carbons (Fsp3) is 0.348. The zero-order valence-corrected chi connectivity index (χ0v) is 17.8. The minimum Gasteiger partial charge on any atom is -0.352 e. The van der Waals surface area contributed by atoms with Crippen LogP contribution in [-0.2, 0) is 24.3 Å². The average Bonchev–Trinajstić information content (AvgIpc) is 3.20. The second-order valence-corrected chi connectivity index (χ2v) is 8.05. The summed E-state index contributed by atoms with van der Waals surface area (Å²) in [6.07, 6.45) is 5.00. The molecule has 8 nitrogen and oxygen atoms in total. The summed E-state index contributed by atoms with van der Waals surface area (Å²) in [5, 5.41) is 12.2. The maximum absolute atomic E-state index is 13.1. The molecule has 0 fully saturated rings. The van der Waals surface area contributed by atoms with Crippen molar-refractivity contribution in [2.75, 3.05) is 0 Å². The van der Waals surface area contributed by atoms with Crippen molar-refractivity contribution in [2.24, 2.45) is 5.92 Å². The Labute approximate surface area is 180 Å². The molecule has 4 rings (SSSR count). The summed E-state index contributed by atoms with van der Waals surface area (Å²) in [5.41, 5.74) is 1.65. The lowest BCUT2D eigenvalue weighted by Gasteiger charge is -2.12. The summed E-state index contributed by atoms with van der Waals surface area (Å²) >= 11 is 0. The van der Waals surface area contributed by atoms with Gasteiger partial charge in [0.25, 0.3) is 5.56 Å². The average molecular weight is 419 g/mol. The number of nitrogens with one attached hydrogen (secondary N) is 1. The first-order valence-electron chi connectivity index (χ1n) is 10.6. The number of pyridine rings is 1. The Morgan fingerprint density at radius 3 is 2.74 bits per heavy atom. The van der Waals surface area contributed by atoms with Gasteiger partial charge < -0.3 is 5.32 Å². The predicted octanol–water partition coefficient (Wildman–Crippen LogP) is 2.73. The molecule has 0 atom stereocenters. The molecule has 0 aliphatic heterocycles. The number of rotatable bonds is 8. The third kappa shape index (κ3) is 4.47. The number of carbonyl (C=O) groups excluding carboxylic acids is 1. The lowest BCUT2D eigenvalue weighted by molar-refractivity contribution is -0.121. The van der Waals surface area contributed by atoms with E-state index >= 15 is 0 Å². The van der Waals surface area contributed by atoms with E-state index in [1.807, 2.05) is 40.8 Å². The molecular weight excluding hydrogens is 392 g/mol. The van der Waals surface area contributed by atoms with Crippen LogP contribution in [0.2, 0.25) is 0 Å². The van der Waals surface area contributed by atoms with Crippen molar-refractivity contribution in [3.8, 4) is 0 Å². The highest BCUT2D eigenvalue weighted by Crippen LogP contribution is 2.16. The molecule has 0 aliphatic rings. The number of nitrogens with zero attached hydrogens (tertiary/aromatic N) is 5. The van der Waals surface area contributed by atoms with E-state index in [-0.39, 0.29) is 17.9 Å². The van der Waals surface area contributed by atoms with Crippen molar-refractivity contribution in [1.29, 1.82) is 0 Å². The van der Waals surface area contributed by atoms with E-state index in [4.69, 9.17) is 0 Å².